The normalized spacial score (nSPS) is 11.9. The number of anilines is 1. The maximum absolute atomic E-state index is 12.2. The molecular weight excluding hydrogens is 282 g/mol. The van der Waals surface area contributed by atoms with Gasteiger partial charge in [0.15, 0.2) is 0 Å². The summed E-state index contributed by atoms with van der Waals surface area (Å²) in [5.74, 6) is -0.0150. The van der Waals surface area contributed by atoms with Gasteiger partial charge >= 0.3 is 0 Å². The number of hydrogen-bond acceptors (Lipinski definition) is 3. The van der Waals surface area contributed by atoms with Crippen LogP contribution in [0.15, 0.2) is 59.5 Å². The summed E-state index contributed by atoms with van der Waals surface area (Å²) in [6.07, 6.45) is 0.633. The monoisotopic (exact) mass is 301 g/mol. The Morgan fingerprint density at radius 3 is 2.43 bits per heavy atom. The van der Waals surface area contributed by atoms with E-state index in [9.17, 15) is 4.79 Å². The number of rotatable bonds is 6. The number of amides is 1. The van der Waals surface area contributed by atoms with Gasteiger partial charge in [-0.1, -0.05) is 30.3 Å². The van der Waals surface area contributed by atoms with Gasteiger partial charge in [0.25, 0.3) is 0 Å². The molecule has 0 bridgehead atoms. The van der Waals surface area contributed by atoms with Crippen molar-refractivity contribution in [2.45, 2.75) is 23.5 Å². The van der Waals surface area contributed by atoms with Gasteiger partial charge in [0.05, 0.1) is 5.25 Å². The van der Waals surface area contributed by atoms with E-state index >= 15 is 0 Å². The average Bonchev–Trinajstić information content (AvgIpc) is 2.50. The molecule has 0 fully saturated rings. The molecule has 0 aliphatic rings. The Morgan fingerprint density at radius 2 is 1.81 bits per heavy atom. The van der Waals surface area contributed by atoms with Gasteiger partial charge in [-0.3, -0.25) is 4.79 Å². The van der Waals surface area contributed by atoms with Crippen molar-refractivity contribution in [1.82, 2.24) is 0 Å². The fourth-order valence-corrected chi connectivity index (χ4v) is 2.77. The number of carbonyl (C=O) groups excluding carboxylic acids is 1. The van der Waals surface area contributed by atoms with Gasteiger partial charge in [0, 0.05) is 17.2 Å². The molecule has 1 amide bonds. The van der Waals surface area contributed by atoms with E-state index < -0.39 is 0 Å². The Balaban J connectivity index is 1.91. The largest absolute Gasteiger partial charge is 0.396 e. The average molecular weight is 301 g/mol. The zero-order valence-electron chi connectivity index (χ0n) is 12.0. The van der Waals surface area contributed by atoms with E-state index in [1.54, 1.807) is 0 Å². The minimum Gasteiger partial charge on any atom is -0.396 e. The SMILES string of the molecule is CC(Sc1ccccc1)C(=O)Nc1ccc(CCO)cc1. The van der Waals surface area contributed by atoms with E-state index in [0.29, 0.717) is 6.42 Å². The lowest BCUT2D eigenvalue weighted by Crippen LogP contribution is -2.22. The second-order valence-electron chi connectivity index (χ2n) is 4.73. The highest BCUT2D eigenvalue weighted by atomic mass is 32.2. The predicted octanol–water partition coefficient (Wildman–Crippen LogP) is 3.34. The van der Waals surface area contributed by atoms with E-state index in [1.807, 2.05) is 61.5 Å². The third-order valence-corrected chi connectivity index (χ3v) is 4.16. The first-order chi connectivity index (χ1) is 10.2. The number of carbonyl (C=O) groups is 1. The molecule has 1 unspecified atom stereocenters. The van der Waals surface area contributed by atoms with Gasteiger partial charge in [-0.05, 0) is 43.2 Å². The Hall–Kier alpha value is -1.78. The Labute approximate surface area is 129 Å². The third-order valence-electron chi connectivity index (χ3n) is 3.05. The van der Waals surface area contributed by atoms with Crippen molar-refractivity contribution in [1.29, 1.82) is 0 Å². The van der Waals surface area contributed by atoms with Crippen molar-refractivity contribution in [2.24, 2.45) is 0 Å². The van der Waals surface area contributed by atoms with Crippen LogP contribution in [0.2, 0.25) is 0 Å². The van der Waals surface area contributed by atoms with Crippen molar-refractivity contribution < 1.29 is 9.90 Å². The van der Waals surface area contributed by atoms with Crippen LogP contribution in [0.5, 0.6) is 0 Å². The molecule has 2 N–H and O–H groups in total. The summed E-state index contributed by atoms with van der Waals surface area (Å²) in [5, 5.41) is 11.6. The molecule has 0 saturated heterocycles. The number of benzene rings is 2. The van der Waals surface area contributed by atoms with Crippen LogP contribution in [0.25, 0.3) is 0 Å². The summed E-state index contributed by atoms with van der Waals surface area (Å²) >= 11 is 1.54. The van der Waals surface area contributed by atoms with E-state index in [0.717, 1.165) is 16.1 Å². The van der Waals surface area contributed by atoms with Crippen LogP contribution < -0.4 is 5.32 Å². The topological polar surface area (TPSA) is 49.3 Å². The molecule has 0 spiro atoms. The molecule has 0 radical (unpaired) electrons. The molecule has 2 aromatic rings. The van der Waals surface area contributed by atoms with Crippen LogP contribution in [0.3, 0.4) is 0 Å². The minimum absolute atomic E-state index is 0.0150. The van der Waals surface area contributed by atoms with Gasteiger partial charge in [-0.15, -0.1) is 11.8 Å². The minimum atomic E-state index is -0.162. The zero-order chi connectivity index (χ0) is 15.1. The molecule has 0 aliphatic heterocycles. The lowest BCUT2D eigenvalue weighted by atomic mass is 10.1. The van der Waals surface area contributed by atoms with Gasteiger partial charge in [-0.2, -0.15) is 0 Å². The van der Waals surface area contributed by atoms with Gasteiger partial charge < -0.3 is 10.4 Å². The molecule has 0 aliphatic carbocycles. The van der Waals surface area contributed by atoms with E-state index in [-0.39, 0.29) is 17.8 Å². The van der Waals surface area contributed by atoms with Crippen molar-refractivity contribution in [3.63, 3.8) is 0 Å². The molecule has 110 valence electrons. The molecule has 21 heavy (non-hydrogen) atoms. The first-order valence-electron chi connectivity index (χ1n) is 6.91. The maximum Gasteiger partial charge on any atom is 0.237 e. The molecule has 2 aromatic carbocycles. The molecule has 3 nitrogen and oxygen atoms in total. The zero-order valence-corrected chi connectivity index (χ0v) is 12.8. The highest BCUT2D eigenvalue weighted by Crippen LogP contribution is 2.23. The Kier molecular flexibility index (Phi) is 5.84. The lowest BCUT2D eigenvalue weighted by Gasteiger charge is -2.12. The third kappa shape index (κ3) is 4.92. The fourth-order valence-electron chi connectivity index (χ4n) is 1.88. The second kappa shape index (κ2) is 7.86. The molecule has 0 heterocycles. The Morgan fingerprint density at radius 1 is 1.14 bits per heavy atom. The number of hydrogen-bond donors (Lipinski definition) is 2. The van der Waals surface area contributed by atoms with E-state index in [4.69, 9.17) is 5.11 Å². The van der Waals surface area contributed by atoms with Crippen molar-refractivity contribution >= 4 is 23.4 Å². The summed E-state index contributed by atoms with van der Waals surface area (Å²) in [4.78, 5) is 13.2. The quantitative estimate of drug-likeness (QED) is 0.805. The van der Waals surface area contributed by atoms with Crippen LogP contribution >= 0.6 is 11.8 Å². The smallest absolute Gasteiger partial charge is 0.237 e. The number of thioether (sulfide) groups is 1. The van der Waals surface area contributed by atoms with Gasteiger partial charge in [0.1, 0.15) is 0 Å². The first kappa shape index (κ1) is 15.6. The highest BCUT2D eigenvalue weighted by molar-refractivity contribution is 8.00. The number of nitrogens with one attached hydrogen (secondary N) is 1. The summed E-state index contributed by atoms with van der Waals surface area (Å²) in [7, 11) is 0. The highest BCUT2D eigenvalue weighted by Gasteiger charge is 2.14. The molecule has 0 aromatic heterocycles. The molecule has 4 heteroatoms. The first-order valence-corrected chi connectivity index (χ1v) is 7.79. The second-order valence-corrected chi connectivity index (χ2v) is 6.15. The summed E-state index contributed by atoms with van der Waals surface area (Å²) in [6.45, 7) is 2.03. The van der Waals surface area contributed by atoms with Crippen LogP contribution in [-0.2, 0) is 11.2 Å². The van der Waals surface area contributed by atoms with Crippen molar-refractivity contribution in [3.8, 4) is 0 Å². The fraction of sp³-hybridized carbons (Fsp3) is 0.235. The molecular formula is C17H19NO2S. The molecule has 1 atom stereocenters. The number of aliphatic hydroxyl groups is 1. The van der Waals surface area contributed by atoms with Crippen molar-refractivity contribution in [3.05, 3.63) is 60.2 Å². The van der Waals surface area contributed by atoms with Gasteiger partial charge in [0.2, 0.25) is 5.91 Å². The van der Waals surface area contributed by atoms with Gasteiger partial charge in [-0.25, -0.2) is 0 Å². The van der Waals surface area contributed by atoms with E-state index in [1.165, 1.54) is 11.8 Å². The summed E-state index contributed by atoms with van der Waals surface area (Å²) < 4.78 is 0. The van der Waals surface area contributed by atoms with Crippen LogP contribution in [-0.4, -0.2) is 22.9 Å². The van der Waals surface area contributed by atoms with Crippen LogP contribution in [0, 0.1) is 0 Å². The standard InChI is InChI=1S/C17H19NO2S/c1-13(21-16-5-3-2-4-6-16)17(20)18-15-9-7-14(8-10-15)11-12-19/h2-10,13,19H,11-12H2,1H3,(H,18,20). The van der Waals surface area contributed by atoms with Crippen LogP contribution in [0.1, 0.15) is 12.5 Å². The van der Waals surface area contributed by atoms with Crippen molar-refractivity contribution in [2.75, 3.05) is 11.9 Å². The summed E-state index contributed by atoms with van der Waals surface area (Å²) in [6, 6.07) is 17.5. The summed E-state index contributed by atoms with van der Waals surface area (Å²) in [5.41, 5.74) is 1.84. The molecule has 0 saturated carbocycles. The maximum atomic E-state index is 12.2. The lowest BCUT2D eigenvalue weighted by molar-refractivity contribution is -0.115. The molecule has 2 rings (SSSR count). The predicted molar refractivity (Wildman–Crippen MR) is 87.6 cm³/mol. The Bertz CT molecular complexity index is 569. The number of aliphatic hydroxyl groups excluding tert-OH is 1. The van der Waals surface area contributed by atoms with Crippen LogP contribution in [0.4, 0.5) is 5.69 Å². The van der Waals surface area contributed by atoms with E-state index in [2.05, 4.69) is 5.32 Å².